The largest absolute Gasteiger partial charge is 0.494 e. The highest BCUT2D eigenvalue weighted by Crippen LogP contribution is 2.28. The fourth-order valence-electron chi connectivity index (χ4n) is 3.30. The average molecular weight is 385 g/mol. The summed E-state index contributed by atoms with van der Waals surface area (Å²) in [4.78, 5) is 12.7. The van der Waals surface area contributed by atoms with Crippen LogP contribution in [-0.4, -0.2) is 17.1 Å². The smallest absolute Gasteiger partial charge is 0.266 e. The molecule has 5 heteroatoms. The summed E-state index contributed by atoms with van der Waals surface area (Å²) in [5, 5.41) is 13.4. The molecule has 0 radical (unpaired) electrons. The third-order valence-corrected chi connectivity index (χ3v) is 4.67. The molecule has 3 aromatic rings. The summed E-state index contributed by atoms with van der Waals surface area (Å²) in [6.07, 6.45) is 3.48. The molecule has 2 aromatic carbocycles. The standard InChI is InChI=1S/C24H23N3O2/c1-4-14-27-17(3)22(21-8-6-7-9-23(21)27)15-18(16-25)24(28)26-19-10-12-20(13-11-19)29-5-2/h4,6-13,15H,1,5,14H2,2-3H3,(H,26,28). The van der Waals surface area contributed by atoms with E-state index in [0.29, 0.717) is 18.8 Å². The molecule has 0 aliphatic carbocycles. The molecule has 0 aliphatic rings. The van der Waals surface area contributed by atoms with Gasteiger partial charge in [-0.25, -0.2) is 0 Å². The number of para-hydroxylation sites is 1. The van der Waals surface area contributed by atoms with Crippen molar-refractivity contribution in [2.45, 2.75) is 20.4 Å². The number of amides is 1. The number of nitrogens with zero attached hydrogens (tertiary/aromatic N) is 2. The van der Waals surface area contributed by atoms with Gasteiger partial charge in [0.05, 0.1) is 6.61 Å². The van der Waals surface area contributed by atoms with Crippen LogP contribution in [0.25, 0.3) is 17.0 Å². The third kappa shape index (κ3) is 4.22. The van der Waals surface area contributed by atoms with Gasteiger partial charge in [-0.2, -0.15) is 5.26 Å². The lowest BCUT2D eigenvalue weighted by Crippen LogP contribution is -2.13. The number of carbonyl (C=O) groups is 1. The van der Waals surface area contributed by atoms with E-state index in [1.165, 1.54) is 0 Å². The minimum absolute atomic E-state index is 0.0449. The van der Waals surface area contributed by atoms with E-state index in [0.717, 1.165) is 27.9 Å². The van der Waals surface area contributed by atoms with Crippen LogP contribution in [0.5, 0.6) is 5.75 Å². The molecule has 3 rings (SSSR count). The van der Waals surface area contributed by atoms with Crippen LogP contribution in [0.15, 0.2) is 66.8 Å². The summed E-state index contributed by atoms with van der Waals surface area (Å²) >= 11 is 0. The molecule has 29 heavy (non-hydrogen) atoms. The van der Waals surface area contributed by atoms with Crippen LogP contribution in [0.4, 0.5) is 5.69 Å². The van der Waals surface area contributed by atoms with Gasteiger partial charge in [0.25, 0.3) is 5.91 Å². The van der Waals surface area contributed by atoms with E-state index < -0.39 is 5.91 Å². The summed E-state index contributed by atoms with van der Waals surface area (Å²) in [5.41, 5.74) is 3.53. The monoisotopic (exact) mass is 385 g/mol. The first kappa shape index (κ1) is 20.0. The molecule has 1 N–H and O–H groups in total. The summed E-state index contributed by atoms with van der Waals surface area (Å²) in [6.45, 7) is 8.94. The number of hydrogen-bond donors (Lipinski definition) is 1. The normalized spacial score (nSPS) is 11.1. The molecule has 1 heterocycles. The number of fused-ring (bicyclic) bond motifs is 1. The van der Waals surface area contributed by atoms with Crippen LogP contribution in [0, 0.1) is 18.3 Å². The van der Waals surface area contributed by atoms with Gasteiger partial charge in [0.1, 0.15) is 17.4 Å². The Labute approximate surface area is 170 Å². The van der Waals surface area contributed by atoms with E-state index in [1.807, 2.05) is 50.3 Å². The zero-order valence-corrected chi connectivity index (χ0v) is 16.6. The van der Waals surface area contributed by atoms with E-state index >= 15 is 0 Å². The van der Waals surface area contributed by atoms with Gasteiger partial charge in [0, 0.05) is 34.4 Å². The van der Waals surface area contributed by atoms with Gasteiger partial charge in [-0.05, 0) is 50.3 Å². The SMILES string of the molecule is C=CCn1c(C)c(C=C(C#N)C(=O)Nc2ccc(OCC)cc2)c2ccccc21. The number of aromatic nitrogens is 1. The Bertz CT molecular complexity index is 1120. The van der Waals surface area contributed by atoms with Gasteiger partial charge in [-0.3, -0.25) is 4.79 Å². The van der Waals surface area contributed by atoms with Crippen molar-refractivity contribution >= 4 is 28.6 Å². The minimum Gasteiger partial charge on any atom is -0.494 e. The van der Waals surface area contributed by atoms with Gasteiger partial charge in [0.15, 0.2) is 0 Å². The predicted octanol–water partition coefficient (Wildman–Crippen LogP) is 5.08. The van der Waals surface area contributed by atoms with Gasteiger partial charge in [0.2, 0.25) is 0 Å². The van der Waals surface area contributed by atoms with E-state index in [9.17, 15) is 10.1 Å². The molecule has 146 valence electrons. The second-order valence-corrected chi connectivity index (χ2v) is 6.50. The van der Waals surface area contributed by atoms with Crippen molar-refractivity contribution in [3.05, 3.63) is 78.0 Å². The first-order valence-electron chi connectivity index (χ1n) is 9.43. The van der Waals surface area contributed by atoms with Crippen LogP contribution in [0.1, 0.15) is 18.2 Å². The van der Waals surface area contributed by atoms with Crippen LogP contribution < -0.4 is 10.1 Å². The molecular formula is C24H23N3O2. The quantitative estimate of drug-likeness (QED) is 0.350. The molecule has 0 bridgehead atoms. The lowest BCUT2D eigenvalue weighted by Gasteiger charge is -2.07. The average Bonchev–Trinajstić information content (AvgIpc) is 2.99. The van der Waals surface area contributed by atoms with Crippen molar-refractivity contribution in [2.75, 3.05) is 11.9 Å². The maximum Gasteiger partial charge on any atom is 0.266 e. The van der Waals surface area contributed by atoms with Gasteiger partial charge >= 0.3 is 0 Å². The van der Waals surface area contributed by atoms with Crippen molar-refractivity contribution in [1.82, 2.24) is 4.57 Å². The molecule has 0 aliphatic heterocycles. The Morgan fingerprint density at radius 3 is 2.62 bits per heavy atom. The number of hydrogen-bond acceptors (Lipinski definition) is 3. The topological polar surface area (TPSA) is 67.0 Å². The Kier molecular flexibility index (Phi) is 6.16. The molecule has 1 aromatic heterocycles. The Morgan fingerprint density at radius 1 is 1.24 bits per heavy atom. The van der Waals surface area contributed by atoms with Crippen LogP contribution in [0.3, 0.4) is 0 Å². The van der Waals surface area contributed by atoms with Crippen molar-refractivity contribution in [3.8, 4) is 11.8 Å². The second-order valence-electron chi connectivity index (χ2n) is 6.50. The summed E-state index contributed by atoms with van der Waals surface area (Å²) in [5.74, 6) is 0.281. The Hall–Kier alpha value is -3.78. The molecule has 0 fully saturated rings. The first-order valence-corrected chi connectivity index (χ1v) is 9.43. The van der Waals surface area contributed by atoms with Crippen LogP contribution >= 0.6 is 0 Å². The maximum absolute atomic E-state index is 12.7. The number of allylic oxidation sites excluding steroid dienone is 1. The lowest BCUT2D eigenvalue weighted by atomic mass is 10.1. The fraction of sp³-hybridized carbons (Fsp3) is 0.167. The number of carbonyl (C=O) groups excluding carboxylic acids is 1. The highest BCUT2D eigenvalue weighted by Gasteiger charge is 2.15. The molecule has 1 amide bonds. The van der Waals surface area contributed by atoms with E-state index in [2.05, 4.69) is 16.5 Å². The fourth-order valence-corrected chi connectivity index (χ4v) is 3.30. The number of rotatable bonds is 7. The molecule has 0 saturated heterocycles. The number of nitriles is 1. The first-order chi connectivity index (χ1) is 14.1. The molecule has 0 atom stereocenters. The molecular weight excluding hydrogens is 362 g/mol. The summed E-state index contributed by atoms with van der Waals surface area (Å²) < 4.78 is 7.52. The zero-order valence-electron chi connectivity index (χ0n) is 16.6. The van der Waals surface area contributed by atoms with Crippen molar-refractivity contribution in [2.24, 2.45) is 0 Å². The van der Waals surface area contributed by atoms with E-state index in [4.69, 9.17) is 4.74 Å². The summed E-state index contributed by atoms with van der Waals surface area (Å²) in [6, 6.07) is 17.0. The van der Waals surface area contributed by atoms with Gasteiger partial charge in [-0.1, -0.05) is 24.3 Å². The van der Waals surface area contributed by atoms with Crippen molar-refractivity contribution in [1.29, 1.82) is 5.26 Å². The lowest BCUT2D eigenvalue weighted by molar-refractivity contribution is -0.112. The number of benzene rings is 2. The highest BCUT2D eigenvalue weighted by atomic mass is 16.5. The molecule has 0 unspecified atom stereocenters. The van der Waals surface area contributed by atoms with E-state index in [1.54, 1.807) is 30.3 Å². The van der Waals surface area contributed by atoms with Gasteiger partial charge < -0.3 is 14.6 Å². The maximum atomic E-state index is 12.7. The van der Waals surface area contributed by atoms with Crippen molar-refractivity contribution in [3.63, 3.8) is 0 Å². The summed E-state index contributed by atoms with van der Waals surface area (Å²) in [7, 11) is 0. The molecule has 5 nitrogen and oxygen atoms in total. The minimum atomic E-state index is -0.448. The Balaban J connectivity index is 1.93. The number of ether oxygens (including phenoxy) is 1. The third-order valence-electron chi connectivity index (χ3n) is 4.67. The Morgan fingerprint density at radius 2 is 1.97 bits per heavy atom. The predicted molar refractivity (Wildman–Crippen MR) is 117 cm³/mol. The highest BCUT2D eigenvalue weighted by molar-refractivity contribution is 6.11. The molecule has 0 spiro atoms. The van der Waals surface area contributed by atoms with Crippen LogP contribution in [-0.2, 0) is 11.3 Å². The van der Waals surface area contributed by atoms with E-state index in [-0.39, 0.29) is 5.57 Å². The molecule has 0 saturated carbocycles. The number of nitrogens with one attached hydrogen (secondary N) is 1. The second kappa shape index (κ2) is 8.94. The van der Waals surface area contributed by atoms with Gasteiger partial charge in [-0.15, -0.1) is 6.58 Å². The zero-order chi connectivity index (χ0) is 20.8. The van der Waals surface area contributed by atoms with Crippen LogP contribution in [0.2, 0.25) is 0 Å². The van der Waals surface area contributed by atoms with Crippen molar-refractivity contribution < 1.29 is 9.53 Å². The number of anilines is 1.